The van der Waals surface area contributed by atoms with Crippen molar-refractivity contribution in [2.24, 2.45) is 0 Å². The van der Waals surface area contributed by atoms with Gasteiger partial charge in [0, 0.05) is 61.8 Å². The molecule has 0 bridgehead atoms. The van der Waals surface area contributed by atoms with Crippen molar-refractivity contribution in [2.75, 3.05) is 19.8 Å². The van der Waals surface area contributed by atoms with Crippen molar-refractivity contribution < 1.29 is 95.2 Å². The molecule has 3 aromatic carbocycles. The Morgan fingerprint density at radius 3 is 1.56 bits per heavy atom. The number of esters is 8. The summed E-state index contributed by atoms with van der Waals surface area (Å²) in [5.41, 5.74) is 3.45. The Hall–Kier alpha value is -7.06. The molecule has 20 nitrogen and oxygen atoms in total. The van der Waals surface area contributed by atoms with Gasteiger partial charge in [0.25, 0.3) is 5.79 Å². The summed E-state index contributed by atoms with van der Waals surface area (Å²) in [7, 11) is 0. The van der Waals surface area contributed by atoms with Gasteiger partial charge in [0.05, 0.1) is 6.61 Å². The Morgan fingerprint density at radius 2 is 1.01 bits per heavy atom. The number of carbonyl (C=O) groups is 8. The molecule has 0 radical (unpaired) electrons. The summed E-state index contributed by atoms with van der Waals surface area (Å²) in [6, 6.07) is 19.2. The lowest BCUT2D eigenvalue weighted by molar-refractivity contribution is -0.345. The molecular formula is C51H56O20. The smallest absolute Gasteiger partial charge is 0.303 e. The number of carbonyl (C=O) groups excluding carboxylic acids is 8. The normalized spacial score (nSPS) is 27.4. The monoisotopic (exact) mass is 988 g/mol. The van der Waals surface area contributed by atoms with Gasteiger partial charge in [-0.1, -0.05) is 36.4 Å². The summed E-state index contributed by atoms with van der Waals surface area (Å²) in [4.78, 5) is 98.4. The van der Waals surface area contributed by atoms with Crippen LogP contribution in [0.1, 0.15) is 79.4 Å². The molecule has 71 heavy (non-hydrogen) atoms. The third-order valence-electron chi connectivity index (χ3n) is 12.4. The molecule has 0 N–H and O–H groups in total. The molecule has 0 amide bonds. The number of hydrogen-bond donors (Lipinski definition) is 0. The predicted octanol–water partition coefficient (Wildman–Crippen LogP) is 4.62. The first kappa shape index (κ1) is 51.8. The summed E-state index contributed by atoms with van der Waals surface area (Å²) in [5, 5.41) is 0. The van der Waals surface area contributed by atoms with E-state index in [9.17, 15) is 38.4 Å². The van der Waals surface area contributed by atoms with Gasteiger partial charge in [-0.05, 0) is 76.9 Å². The molecule has 0 saturated carbocycles. The van der Waals surface area contributed by atoms with Crippen molar-refractivity contribution >= 4 is 47.8 Å². The molecule has 2 fully saturated rings. The summed E-state index contributed by atoms with van der Waals surface area (Å²) in [6.45, 7) is 8.35. The maximum Gasteiger partial charge on any atom is 0.303 e. The fraction of sp³-hybridized carbons (Fsp3) is 0.490. The van der Waals surface area contributed by atoms with E-state index in [1.165, 1.54) is 34.6 Å². The van der Waals surface area contributed by atoms with Crippen LogP contribution in [-0.4, -0.2) is 128 Å². The van der Waals surface area contributed by atoms with Crippen molar-refractivity contribution in [2.45, 2.75) is 141 Å². The zero-order valence-corrected chi connectivity index (χ0v) is 40.5. The average Bonchev–Trinajstić information content (AvgIpc) is 3.30. The highest BCUT2D eigenvalue weighted by Crippen LogP contribution is 2.46. The van der Waals surface area contributed by atoms with Crippen molar-refractivity contribution in [3.05, 3.63) is 71.8 Å². The van der Waals surface area contributed by atoms with E-state index in [2.05, 4.69) is 0 Å². The number of ether oxygens (including phenoxy) is 12. The van der Waals surface area contributed by atoms with Crippen LogP contribution in [0.3, 0.4) is 0 Å². The topological polar surface area (TPSA) is 247 Å². The van der Waals surface area contributed by atoms with Gasteiger partial charge >= 0.3 is 47.8 Å². The molecular weight excluding hydrogens is 933 g/mol. The molecule has 4 aliphatic heterocycles. The SMILES string of the molecule is CC(=O)OC[C@H]1OC[C@](OC(C)=O)(C2CCc3cc(-c4ccc(-c5ccc6c(c5)CC[C@]5(O6)O[C@H](COC(C)=O)[C@@H](OC(C)=O)[C@H](OC(C)=O)[C@@H]5OC(C)=O)cc4)ccc3O2)[C@@H](OC(C)=O)[C@@H]1OC(C)=O. The highest BCUT2D eigenvalue weighted by molar-refractivity contribution is 5.74. The van der Waals surface area contributed by atoms with E-state index in [1.54, 1.807) is 12.1 Å². The van der Waals surface area contributed by atoms with E-state index in [1.807, 2.05) is 48.5 Å². The Labute approximate surface area is 408 Å². The van der Waals surface area contributed by atoms with Gasteiger partial charge < -0.3 is 56.8 Å². The number of rotatable bonds is 13. The molecule has 10 atom stereocenters. The second-order valence-electron chi connectivity index (χ2n) is 17.7. The molecule has 7 rings (SSSR count). The Morgan fingerprint density at radius 1 is 0.521 bits per heavy atom. The molecule has 4 aliphatic rings. The van der Waals surface area contributed by atoms with Gasteiger partial charge in [-0.25, -0.2) is 0 Å². The fourth-order valence-corrected chi connectivity index (χ4v) is 9.60. The van der Waals surface area contributed by atoms with Gasteiger partial charge in [-0.3, -0.25) is 38.4 Å². The summed E-state index contributed by atoms with van der Waals surface area (Å²) in [5.74, 6) is -6.52. The maximum absolute atomic E-state index is 12.7. The van der Waals surface area contributed by atoms with Gasteiger partial charge in [0.2, 0.25) is 11.7 Å². The van der Waals surface area contributed by atoms with Crippen LogP contribution in [-0.2, 0) is 98.6 Å². The first-order valence-electron chi connectivity index (χ1n) is 23.0. The van der Waals surface area contributed by atoms with Crippen LogP contribution >= 0.6 is 0 Å². The molecule has 0 aliphatic carbocycles. The van der Waals surface area contributed by atoms with Gasteiger partial charge in [0.1, 0.15) is 43.0 Å². The molecule has 4 heterocycles. The minimum atomic E-state index is -1.77. The highest BCUT2D eigenvalue weighted by Gasteiger charge is 2.64. The van der Waals surface area contributed by atoms with E-state index < -0.39 is 108 Å². The van der Waals surface area contributed by atoms with Crippen molar-refractivity contribution in [1.29, 1.82) is 0 Å². The van der Waals surface area contributed by atoms with E-state index >= 15 is 0 Å². The van der Waals surface area contributed by atoms with Crippen LogP contribution in [0.5, 0.6) is 11.5 Å². The van der Waals surface area contributed by atoms with E-state index in [0.29, 0.717) is 24.3 Å². The highest BCUT2D eigenvalue weighted by atomic mass is 16.8. The molecule has 1 spiro atoms. The third-order valence-corrected chi connectivity index (χ3v) is 12.4. The van der Waals surface area contributed by atoms with Gasteiger partial charge in [0.15, 0.2) is 24.4 Å². The zero-order chi connectivity index (χ0) is 51.4. The quantitative estimate of drug-likeness (QED) is 0.167. The van der Waals surface area contributed by atoms with Gasteiger partial charge in [-0.2, -0.15) is 0 Å². The number of benzene rings is 3. The second-order valence-corrected chi connectivity index (χ2v) is 17.7. The number of hydrogen-bond acceptors (Lipinski definition) is 20. The van der Waals surface area contributed by atoms with E-state index in [-0.39, 0.29) is 32.7 Å². The lowest BCUT2D eigenvalue weighted by Crippen LogP contribution is -2.71. The third kappa shape index (κ3) is 11.8. The Balaban J connectivity index is 1.11. The van der Waals surface area contributed by atoms with Crippen molar-refractivity contribution in [1.82, 2.24) is 0 Å². The Kier molecular flexibility index (Phi) is 15.7. The van der Waals surface area contributed by atoms with Crippen LogP contribution < -0.4 is 9.47 Å². The summed E-state index contributed by atoms with van der Waals surface area (Å²) >= 11 is 0. The van der Waals surface area contributed by atoms with E-state index in [4.69, 9.17) is 56.8 Å². The van der Waals surface area contributed by atoms with Crippen LogP contribution in [0.2, 0.25) is 0 Å². The fourth-order valence-electron chi connectivity index (χ4n) is 9.60. The standard InChI is InChI=1S/C51H56O20/c1-26(52)60-23-42-46(64-29(4)55)48(66-31(6)57)50(25-62-42,69-33(8)59)44-18-15-38-21-36(13-16-40(38)68-44)34-9-11-35(12-10-34)37-14-17-41-39(22-37)19-20-51(70-41)49(67-32(7)58)47(65-30(5)56)45(63-28(3)54)43(71-51)24-61-27(2)53/h9-14,16-17,21-22,42-49H,15,18-20,23-25H2,1-8H3/t42-,43-,44?,45-,46-,47+,48+,49+,50+,51+/m1/s1. The lowest BCUT2D eigenvalue weighted by atomic mass is 9.79. The molecule has 380 valence electrons. The number of aryl methyl sites for hydroxylation is 2. The summed E-state index contributed by atoms with van der Waals surface area (Å²) in [6.07, 6.45) is -8.81. The minimum Gasteiger partial charge on any atom is -0.486 e. The molecule has 20 heteroatoms. The van der Waals surface area contributed by atoms with Crippen LogP contribution in [0.4, 0.5) is 0 Å². The zero-order valence-electron chi connectivity index (χ0n) is 40.5. The second kappa shape index (κ2) is 21.5. The van der Waals surface area contributed by atoms with Crippen molar-refractivity contribution in [3.8, 4) is 33.8 Å². The number of fused-ring (bicyclic) bond motifs is 2. The maximum atomic E-state index is 12.7. The van der Waals surface area contributed by atoms with Gasteiger partial charge in [-0.15, -0.1) is 0 Å². The van der Waals surface area contributed by atoms with Crippen LogP contribution in [0.15, 0.2) is 60.7 Å². The largest absolute Gasteiger partial charge is 0.486 e. The first-order valence-corrected chi connectivity index (χ1v) is 23.0. The Bertz CT molecular complexity index is 2550. The minimum absolute atomic E-state index is 0.0997. The van der Waals surface area contributed by atoms with Crippen molar-refractivity contribution in [3.63, 3.8) is 0 Å². The lowest BCUT2D eigenvalue weighted by Gasteiger charge is -2.52. The van der Waals surface area contributed by atoms with Crippen LogP contribution in [0, 0.1) is 0 Å². The average molecular weight is 989 g/mol. The molecule has 0 aromatic heterocycles. The first-order chi connectivity index (χ1) is 33.7. The predicted molar refractivity (Wildman–Crippen MR) is 242 cm³/mol. The molecule has 2 saturated heterocycles. The molecule has 1 unspecified atom stereocenters. The van der Waals surface area contributed by atoms with E-state index in [0.717, 1.165) is 54.2 Å². The summed E-state index contributed by atoms with van der Waals surface area (Å²) < 4.78 is 70.3. The molecule has 3 aromatic rings. The van der Waals surface area contributed by atoms with Crippen LogP contribution in [0.25, 0.3) is 22.3 Å².